The van der Waals surface area contributed by atoms with Crippen LogP contribution in [-0.2, 0) is 0 Å². The highest BCUT2D eigenvalue weighted by molar-refractivity contribution is 9.10. The van der Waals surface area contributed by atoms with Gasteiger partial charge in [0.15, 0.2) is 0 Å². The Bertz CT molecular complexity index is 363. The van der Waals surface area contributed by atoms with E-state index in [0.717, 1.165) is 28.5 Å². The summed E-state index contributed by atoms with van der Waals surface area (Å²) in [5.41, 5.74) is 8.29. The van der Waals surface area contributed by atoms with Crippen molar-refractivity contribution in [3.05, 3.63) is 45.4 Å². The molecule has 0 saturated carbocycles. The summed E-state index contributed by atoms with van der Waals surface area (Å²) in [6, 6.07) is 5.63. The van der Waals surface area contributed by atoms with E-state index in [4.69, 9.17) is 17.3 Å². The van der Waals surface area contributed by atoms with E-state index in [1.54, 1.807) is 0 Å². The summed E-state index contributed by atoms with van der Waals surface area (Å²) >= 11 is 9.41. The smallest absolute Gasteiger partial charge is 0.0410 e. The van der Waals surface area contributed by atoms with E-state index in [0.29, 0.717) is 5.02 Å². The summed E-state index contributed by atoms with van der Waals surface area (Å²) in [5.74, 6) is 0. The second-order valence-electron chi connectivity index (χ2n) is 3.58. The second kappa shape index (κ2) is 5.69. The van der Waals surface area contributed by atoms with Gasteiger partial charge >= 0.3 is 0 Å². The van der Waals surface area contributed by atoms with Crippen molar-refractivity contribution in [2.45, 2.75) is 25.8 Å². The van der Waals surface area contributed by atoms with Crippen molar-refractivity contribution >= 4 is 27.5 Å². The number of nitrogens with two attached hydrogens (primary N) is 1. The molecule has 0 bridgehead atoms. The average Bonchev–Trinajstić information content (AvgIpc) is 2.21. The zero-order chi connectivity index (χ0) is 11.4. The summed E-state index contributed by atoms with van der Waals surface area (Å²) in [6.45, 7) is 6.05. The third kappa shape index (κ3) is 3.63. The topological polar surface area (TPSA) is 26.0 Å². The summed E-state index contributed by atoms with van der Waals surface area (Å²) in [5, 5.41) is 0.714. The molecular formula is C12H15BrClN. The number of hydrogen-bond acceptors (Lipinski definition) is 1. The lowest BCUT2D eigenvalue weighted by Crippen LogP contribution is -2.11. The van der Waals surface area contributed by atoms with Crippen LogP contribution in [0.5, 0.6) is 0 Å². The van der Waals surface area contributed by atoms with Gasteiger partial charge in [-0.1, -0.05) is 46.6 Å². The van der Waals surface area contributed by atoms with Crippen LogP contribution in [-0.4, -0.2) is 0 Å². The normalized spacial score (nSPS) is 12.5. The minimum atomic E-state index is -0.0366. The summed E-state index contributed by atoms with van der Waals surface area (Å²) in [4.78, 5) is 0. The van der Waals surface area contributed by atoms with Gasteiger partial charge in [-0.3, -0.25) is 0 Å². The first-order valence-electron chi connectivity index (χ1n) is 4.91. The van der Waals surface area contributed by atoms with Crippen molar-refractivity contribution in [2.24, 2.45) is 5.73 Å². The fourth-order valence-corrected chi connectivity index (χ4v) is 2.09. The van der Waals surface area contributed by atoms with Gasteiger partial charge in [0, 0.05) is 15.5 Å². The Kier molecular flexibility index (Phi) is 4.84. The van der Waals surface area contributed by atoms with Crippen molar-refractivity contribution in [1.82, 2.24) is 0 Å². The fourth-order valence-electron chi connectivity index (χ4n) is 1.36. The molecule has 1 rings (SSSR count). The Hall–Kier alpha value is -0.310. The Balaban J connectivity index is 2.85. The van der Waals surface area contributed by atoms with Crippen LogP contribution < -0.4 is 5.73 Å². The van der Waals surface area contributed by atoms with Gasteiger partial charge < -0.3 is 5.73 Å². The first kappa shape index (κ1) is 12.8. The molecule has 0 aliphatic heterocycles. The van der Waals surface area contributed by atoms with Gasteiger partial charge in [-0.2, -0.15) is 0 Å². The van der Waals surface area contributed by atoms with Crippen molar-refractivity contribution in [1.29, 1.82) is 0 Å². The summed E-state index contributed by atoms with van der Waals surface area (Å²) in [6.07, 6.45) is 1.77. The lowest BCUT2D eigenvalue weighted by molar-refractivity contribution is 0.698. The van der Waals surface area contributed by atoms with Crippen LogP contribution in [0.2, 0.25) is 5.02 Å². The van der Waals surface area contributed by atoms with Crippen LogP contribution in [0, 0.1) is 0 Å². The third-order valence-electron chi connectivity index (χ3n) is 2.37. The van der Waals surface area contributed by atoms with Crippen LogP contribution in [0.25, 0.3) is 0 Å². The number of halogens is 2. The maximum Gasteiger partial charge on any atom is 0.0410 e. The van der Waals surface area contributed by atoms with Gasteiger partial charge in [-0.15, -0.1) is 0 Å². The van der Waals surface area contributed by atoms with Crippen molar-refractivity contribution in [2.75, 3.05) is 0 Å². The van der Waals surface area contributed by atoms with Crippen molar-refractivity contribution in [3.63, 3.8) is 0 Å². The minimum absolute atomic E-state index is 0.0366. The molecular weight excluding hydrogens is 273 g/mol. The van der Waals surface area contributed by atoms with Gasteiger partial charge in [0.2, 0.25) is 0 Å². The maximum atomic E-state index is 6.09. The summed E-state index contributed by atoms with van der Waals surface area (Å²) in [7, 11) is 0. The van der Waals surface area contributed by atoms with E-state index in [1.807, 2.05) is 18.2 Å². The first-order chi connectivity index (χ1) is 7.04. The molecule has 1 aromatic rings. The average molecular weight is 289 g/mol. The Morgan fingerprint density at radius 1 is 1.60 bits per heavy atom. The molecule has 0 heterocycles. The van der Waals surface area contributed by atoms with E-state index >= 15 is 0 Å². The largest absolute Gasteiger partial charge is 0.324 e. The predicted molar refractivity (Wildman–Crippen MR) is 70.1 cm³/mol. The monoisotopic (exact) mass is 287 g/mol. The van der Waals surface area contributed by atoms with Gasteiger partial charge in [-0.05, 0) is 36.6 Å². The summed E-state index contributed by atoms with van der Waals surface area (Å²) < 4.78 is 1.00. The molecule has 1 unspecified atom stereocenters. The molecule has 0 aliphatic rings. The molecule has 0 spiro atoms. The molecule has 3 heteroatoms. The quantitative estimate of drug-likeness (QED) is 0.813. The molecule has 15 heavy (non-hydrogen) atoms. The van der Waals surface area contributed by atoms with E-state index in [9.17, 15) is 0 Å². The Labute approximate surface area is 104 Å². The molecule has 0 fully saturated rings. The highest BCUT2D eigenvalue weighted by atomic mass is 79.9. The number of hydrogen-bond donors (Lipinski definition) is 1. The van der Waals surface area contributed by atoms with Gasteiger partial charge in [0.1, 0.15) is 0 Å². The molecule has 1 nitrogen and oxygen atoms in total. The fraction of sp³-hybridized carbons (Fsp3) is 0.333. The second-order valence-corrected chi connectivity index (χ2v) is 4.87. The van der Waals surface area contributed by atoms with Gasteiger partial charge in [0.25, 0.3) is 0 Å². The zero-order valence-corrected chi connectivity index (χ0v) is 11.1. The molecule has 0 aromatic heterocycles. The molecule has 1 aromatic carbocycles. The Morgan fingerprint density at radius 3 is 2.87 bits per heavy atom. The number of benzene rings is 1. The van der Waals surface area contributed by atoms with Crippen LogP contribution in [0.15, 0.2) is 34.8 Å². The zero-order valence-electron chi connectivity index (χ0n) is 8.76. The van der Waals surface area contributed by atoms with E-state index < -0.39 is 0 Å². The lowest BCUT2D eigenvalue weighted by atomic mass is 9.99. The highest BCUT2D eigenvalue weighted by Crippen LogP contribution is 2.28. The molecule has 0 amide bonds. The standard InChI is InChI=1S/C12H15BrClN/c1-3-8(2)6-12(15)10-7-9(14)4-5-11(10)13/h4-5,7,12H,2-3,6,15H2,1H3. The van der Waals surface area contributed by atoms with Crippen molar-refractivity contribution in [3.8, 4) is 0 Å². The van der Waals surface area contributed by atoms with Crippen LogP contribution in [0.3, 0.4) is 0 Å². The van der Waals surface area contributed by atoms with E-state index in [1.165, 1.54) is 0 Å². The molecule has 2 N–H and O–H groups in total. The SMILES string of the molecule is C=C(CC)CC(N)c1cc(Cl)ccc1Br. The van der Waals surface area contributed by atoms with Gasteiger partial charge in [0.05, 0.1) is 0 Å². The molecule has 0 radical (unpaired) electrons. The molecule has 0 saturated heterocycles. The highest BCUT2D eigenvalue weighted by Gasteiger charge is 2.11. The number of rotatable bonds is 4. The lowest BCUT2D eigenvalue weighted by Gasteiger charge is -2.15. The van der Waals surface area contributed by atoms with Crippen LogP contribution in [0.4, 0.5) is 0 Å². The van der Waals surface area contributed by atoms with E-state index in [-0.39, 0.29) is 6.04 Å². The first-order valence-corrected chi connectivity index (χ1v) is 6.08. The minimum Gasteiger partial charge on any atom is -0.324 e. The maximum absolute atomic E-state index is 6.09. The Morgan fingerprint density at radius 2 is 2.27 bits per heavy atom. The van der Waals surface area contributed by atoms with Crippen molar-refractivity contribution < 1.29 is 0 Å². The molecule has 1 atom stereocenters. The molecule has 82 valence electrons. The molecule has 0 aliphatic carbocycles. The predicted octanol–water partition coefficient (Wildman–Crippen LogP) is 4.46. The van der Waals surface area contributed by atoms with Crippen LogP contribution >= 0.6 is 27.5 Å². The van der Waals surface area contributed by atoms with Gasteiger partial charge in [-0.25, -0.2) is 0 Å². The van der Waals surface area contributed by atoms with E-state index in [2.05, 4.69) is 29.4 Å². The van der Waals surface area contributed by atoms with Crippen LogP contribution in [0.1, 0.15) is 31.4 Å². The third-order valence-corrected chi connectivity index (χ3v) is 3.32.